The number of nitrogens with one attached hydrogen (secondary N) is 1. The third-order valence-electron chi connectivity index (χ3n) is 2.85. The number of rotatable bonds is 6. The second-order valence-electron chi connectivity index (χ2n) is 4.45. The second-order valence-corrected chi connectivity index (χ2v) is 6.18. The van der Waals surface area contributed by atoms with Gasteiger partial charge in [0.2, 0.25) is 10.0 Å². The zero-order valence-corrected chi connectivity index (χ0v) is 12.5. The van der Waals surface area contributed by atoms with Crippen molar-refractivity contribution >= 4 is 10.0 Å². The lowest BCUT2D eigenvalue weighted by Gasteiger charge is -2.15. The summed E-state index contributed by atoms with van der Waals surface area (Å²) in [6.07, 6.45) is -0.723. The van der Waals surface area contributed by atoms with Gasteiger partial charge in [-0.1, -0.05) is 0 Å². The summed E-state index contributed by atoms with van der Waals surface area (Å²) in [7, 11) is -3.61. The van der Waals surface area contributed by atoms with Gasteiger partial charge >= 0.3 is 0 Å². The number of aliphatic hydroxyl groups is 1. The molecule has 0 heterocycles. The van der Waals surface area contributed by atoms with Crippen LogP contribution in [0.3, 0.4) is 0 Å². The van der Waals surface area contributed by atoms with Gasteiger partial charge in [0.25, 0.3) is 0 Å². The molecule has 19 heavy (non-hydrogen) atoms. The fraction of sp³-hybridized carbons (Fsp3) is 0.538. The van der Waals surface area contributed by atoms with E-state index in [1.54, 1.807) is 13.0 Å². The number of hydrogen-bond donors (Lipinski definition) is 2. The van der Waals surface area contributed by atoms with Crippen LogP contribution in [0, 0.1) is 13.8 Å². The van der Waals surface area contributed by atoms with Crippen molar-refractivity contribution in [3.8, 4) is 5.75 Å². The van der Waals surface area contributed by atoms with Crippen molar-refractivity contribution in [2.45, 2.75) is 38.7 Å². The third kappa shape index (κ3) is 3.92. The number of sulfonamides is 1. The van der Waals surface area contributed by atoms with Crippen LogP contribution in [0.4, 0.5) is 0 Å². The number of ether oxygens (including phenoxy) is 1. The van der Waals surface area contributed by atoms with E-state index >= 15 is 0 Å². The van der Waals surface area contributed by atoms with E-state index in [1.807, 2.05) is 13.8 Å². The molecule has 0 amide bonds. The van der Waals surface area contributed by atoms with E-state index < -0.39 is 16.1 Å². The highest BCUT2D eigenvalue weighted by Crippen LogP contribution is 2.26. The van der Waals surface area contributed by atoms with Crippen LogP contribution in [0.1, 0.15) is 25.0 Å². The van der Waals surface area contributed by atoms with Gasteiger partial charge in [-0.05, 0) is 51.0 Å². The molecule has 0 fully saturated rings. The van der Waals surface area contributed by atoms with Gasteiger partial charge in [0.1, 0.15) is 5.75 Å². The minimum Gasteiger partial charge on any atom is -0.494 e. The molecule has 0 radical (unpaired) electrons. The Bertz CT molecular complexity index is 538. The summed E-state index contributed by atoms with van der Waals surface area (Å²) < 4.78 is 32.0. The molecular weight excluding hydrogens is 266 g/mol. The van der Waals surface area contributed by atoms with Crippen LogP contribution in [-0.4, -0.2) is 32.8 Å². The van der Waals surface area contributed by atoms with E-state index in [-0.39, 0.29) is 11.4 Å². The summed E-state index contributed by atoms with van der Waals surface area (Å²) in [6.45, 7) is 7.51. The van der Waals surface area contributed by atoms with E-state index in [0.717, 1.165) is 5.56 Å². The van der Waals surface area contributed by atoms with Gasteiger partial charge < -0.3 is 9.84 Å². The van der Waals surface area contributed by atoms with Crippen molar-refractivity contribution in [2.75, 3.05) is 13.2 Å². The summed E-state index contributed by atoms with van der Waals surface area (Å²) in [5.41, 5.74) is 1.46. The Hall–Kier alpha value is -1.11. The van der Waals surface area contributed by atoms with Gasteiger partial charge in [0, 0.05) is 6.54 Å². The second kappa shape index (κ2) is 6.36. The molecule has 1 aromatic rings. The molecule has 0 unspecified atom stereocenters. The molecule has 0 saturated heterocycles. The van der Waals surface area contributed by atoms with Gasteiger partial charge in [-0.25, -0.2) is 13.1 Å². The predicted molar refractivity (Wildman–Crippen MR) is 74.0 cm³/mol. The zero-order chi connectivity index (χ0) is 14.6. The minimum atomic E-state index is -3.61. The maximum Gasteiger partial charge on any atom is 0.240 e. The Morgan fingerprint density at radius 2 is 1.95 bits per heavy atom. The number of benzene rings is 1. The molecule has 2 N–H and O–H groups in total. The molecule has 0 aliphatic heterocycles. The van der Waals surface area contributed by atoms with Crippen molar-refractivity contribution in [2.24, 2.45) is 0 Å². The fourth-order valence-corrected chi connectivity index (χ4v) is 3.10. The summed E-state index contributed by atoms with van der Waals surface area (Å²) in [5, 5.41) is 9.15. The van der Waals surface area contributed by atoms with E-state index in [2.05, 4.69) is 4.72 Å². The number of hydrogen-bond acceptors (Lipinski definition) is 4. The van der Waals surface area contributed by atoms with Crippen molar-refractivity contribution in [3.05, 3.63) is 23.3 Å². The molecular formula is C13H21NO4S. The van der Waals surface area contributed by atoms with Gasteiger partial charge in [-0.15, -0.1) is 0 Å². The summed E-state index contributed by atoms with van der Waals surface area (Å²) in [5.74, 6) is 0.689. The average Bonchev–Trinajstić information content (AvgIpc) is 2.33. The summed E-state index contributed by atoms with van der Waals surface area (Å²) in [6, 6.07) is 3.18. The molecule has 108 valence electrons. The van der Waals surface area contributed by atoms with Crippen LogP contribution in [0.15, 0.2) is 17.0 Å². The lowest BCUT2D eigenvalue weighted by molar-refractivity contribution is 0.198. The van der Waals surface area contributed by atoms with E-state index in [1.165, 1.54) is 13.0 Å². The van der Waals surface area contributed by atoms with Crippen LogP contribution in [0.5, 0.6) is 5.75 Å². The quantitative estimate of drug-likeness (QED) is 0.828. The largest absolute Gasteiger partial charge is 0.494 e. The molecule has 0 aliphatic rings. The topological polar surface area (TPSA) is 75.6 Å². The minimum absolute atomic E-state index is 0.00592. The van der Waals surface area contributed by atoms with Crippen LogP contribution >= 0.6 is 0 Å². The maximum atomic E-state index is 12.1. The summed E-state index contributed by atoms with van der Waals surface area (Å²) >= 11 is 0. The molecule has 6 heteroatoms. The highest BCUT2D eigenvalue weighted by Gasteiger charge is 2.19. The Labute approximate surface area is 114 Å². The third-order valence-corrected chi connectivity index (χ3v) is 4.41. The number of aliphatic hydroxyl groups excluding tert-OH is 1. The van der Waals surface area contributed by atoms with Gasteiger partial charge in [0.15, 0.2) is 0 Å². The SMILES string of the molecule is CCOc1ccc(S(=O)(=O)NC[C@@H](C)O)c(C)c1C. The standard InChI is InChI=1S/C13H21NO4S/c1-5-18-12-6-7-13(11(4)10(12)3)19(16,17)14-8-9(2)15/h6-7,9,14-15H,5,8H2,1-4H3/t9-/m1/s1. The first-order valence-electron chi connectivity index (χ1n) is 6.20. The zero-order valence-electron chi connectivity index (χ0n) is 11.7. The molecule has 1 rings (SSSR count). The first kappa shape index (κ1) is 15.9. The monoisotopic (exact) mass is 287 g/mol. The molecule has 0 bridgehead atoms. The van der Waals surface area contributed by atoms with Crippen LogP contribution in [0.2, 0.25) is 0 Å². The van der Waals surface area contributed by atoms with E-state index in [4.69, 9.17) is 9.84 Å². The Kier molecular flexibility index (Phi) is 5.34. The molecule has 1 atom stereocenters. The maximum absolute atomic E-state index is 12.1. The molecule has 0 aliphatic carbocycles. The molecule has 0 aromatic heterocycles. The predicted octanol–water partition coefficient (Wildman–Crippen LogP) is 1.36. The highest BCUT2D eigenvalue weighted by atomic mass is 32.2. The summed E-state index contributed by atoms with van der Waals surface area (Å²) in [4.78, 5) is 0.217. The average molecular weight is 287 g/mol. The molecule has 0 saturated carbocycles. The highest BCUT2D eigenvalue weighted by molar-refractivity contribution is 7.89. The van der Waals surface area contributed by atoms with E-state index in [9.17, 15) is 8.42 Å². The first-order valence-corrected chi connectivity index (χ1v) is 7.68. The van der Waals surface area contributed by atoms with Crippen molar-refractivity contribution in [1.82, 2.24) is 4.72 Å². The van der Waals surface area contributed by atoms with Crippen LogP contribution in [0.25, 0.3) is 0 Å². The Morgan fingerprint density at radius 3 is 2.47 bits per heavy atom. The van der Waals surface area contributed by atoms with Crippen molar-refractivity contribution in [1.29, 1.82) is 0 Å². The first-order chi connectivity index (χ1) is 8.79. The van der Waals surface area contributed by atoms with Crippen molar-refractivity contribution in [3.63, 3.8) is 0 Å². The molecule has 1 aromatic carbocycles. The van der Waals surface area contributed by atoms with Gasteiger partial charge in [0.05, 0.1) is 17.6 Å². The lowest BCUT2D eigenvalue weighted by atomic mass is 10.1. The molecule has 0 spiro atoms. The smallest absolute Gasteiger partial charge is 0.240 e. The van der Waals surface area contributed by atoms with Crippen LogP contribution in [-0.2, 0) is 10.0 Å². The normalized spacial score (nSPS) is 13.3. The van der Waals surface area contributed by atoms with Crippen molar-refractivity contribution < 1.29 is 18.3 Å². The van der Waals surface area contributed by atoms with Gasteiger partial charge in [-0.3, -0.25) is 0 Å². The lowest BCUT2D eigenvalue weighted by Crippen LogP contribution is -2.31. The Balaban J connectivity index is 3.11. The van der Waals surface area contributed by atoms with Crippen LogP contribution < -0.4 is 9.46 Å². The van der Waals surface area contributed by atoms with Gasteiger partial charge in [-0.2, -0.15) is 0 Å². The van der Waals surface area contributed by atoms with E-state index in [0.29, 0.717) is 17.9 Å². The molecule has 5 nitrogen and oxygen atoms in total. The Morgan fingerprint density at radius 1 is 1.32 bits per heavy atom. The fourth-order valence-electron chi connectivity index (χ4n) is 1.68.